The first kappa shape index (κ1) is 7.97. The summed E-state index contributed by atoms with van der Waals surface area (Å²) in [6.07, 6.45) is 0. The van der Waals surface area contributed by atoms with Crippen molar-refractivity contribution in [2.75, 3.05) is 0 Å². The van der Waals surface area contributed by atoms with Gasteiger partial charge in [0.1, 0.15) is 0 Å². The maximum Gasteiger partial charge on any atom is 0.375 e. The summed E-state index contributed by atoms with van der Waals surface area (Å²) in [5.41, 5.74) is 0. The zero-order valence-electron chi connectivity index (χ0n) is 4.71. The van der Waals surface area contributed by atoms with Crippen LogP contribution >= 0.6 is 0 Å². The highest BCUT2D eigenvalue weighted by Crippen LogP contribution is 2.23. The lowest BCUT2D eigenvalue weighted by Crippen LogP contribution is -2.53. The number of rotatable bonds is 0. The SMILES string of the molecule is C[Si](C)(N)C(F)(F)F. The van der Waals surface area contributed by atoms with Crippen molar-refractivity contribution in [2.24, 2.45) is 5.40 Å². The first-order valence-electron chi connectivity index (χ1n) is 2.11. The Morgan fingerprint density at radius 2 is 1.38 bits per heavy atom. The van der Waals surface area contributed by atoms with E-state index in [1.54, 1.807) is 0 Å². The van der Waals surface area contributed by atoms with Gasteiger partial charge in [0.2, 0.25) is 8.24 Å². The van der Waals surface area contributed by atoms with E-state index in [-0.39, 0.29) is 0 Å². The van der Waals surface area contributed by atoms with Gasteiger partial charge in [-0.25, -0.2) is 0 Å². The number of hydrogen-bond donors (Lipinski definition) is 1. The van der Waals surface area contributed by atoms with E-state index in [1.165, 1.54) is 0 Å². The van der Waals surface area contributed by atoms with Gasteiger partial charge in [-0.05, 0) is 13.1 Å². The van der Waals surface area contributed by atoms with Crippen molar-refractivity contribution in [2.45, 2.75) is 18.9 Å². The van der Waals surface area contributed by atoms with Gasteiger partial charge >= 0.3 is 5.80 Å². The molecule has 0 saturated heterocycles. The maximum atomic E-state index is 11.5. The quantitative estimate of drug-likeness (QED) is 0.507. The fourth-order valence-electron chi connectivity index (χ4n) is 0. The molecule has 2 N–H and O–H groups in total. The summed E-state index contributed by atoms with van der Waals surface area (Å²) >= 11 is 0. The molecule has 0 aromatic rings. The molecule has 0 aromatic heterocycles. The third kappa shape index (κ3) is 1.83. The van der Waals surface area contributed by atoms with Crippen LogP contribution in [0.4, 0.5) is 13.2 Å². The van der Waals surface area contributed by atoms with Crippen molar-refractivity contribution in [3.8, 4) is 0 Å². The maximum absolute atomic E-state index is 11.5. The van der Waals surface area contributed by atoms with Gasteiger partial charge in [-0.2, -0.15) is 13.2 Å². The second-order valence-electron chi connectivity index (χ2n) is 2.22. The third-order valence-electron chi connectivity index (χ3n) is 0.731. The monoisotopic (exact) mass is 143 g/mol. The number of halogens is 3. The third-order valence-corrected chi connectivity index (χ3v) is 2.19. The average Bonchev–Trinajstić information content (AvgIpc) is 1.25. The summed E-state index contributed by atoms with van der Waals surface area (Å²) in [6.45, 7) is 2.12. The summed E-state index contributed by atoms with van der Waals surface area (Å²) in [4.78, 5) is 0. The summed E-state index contributed by atoms with van der Waals surface area (Å²) < 4.78 is 34.5. The summed E-state index contributed by atoms with van der Waals surface area (Å²) in [6, 6.07) is 0. The van der Waals surface area contributed by atoms with E-state index < -0.39 is 14.0 Å². The Morgan fingerprint density at radius 3 is 1.38 bits per heavy atom. The van der Waals surface area contributed by atoms with Crippen molar-refractivity contribution in [3.63, 3.8) is 0 Å². The number of hydrogen-bond acceptors (Lipinski definition) is 1. The molecule has 0 amide bonds. The molecule has 0 fully saturated rings. The second-order valence-corrected chi connectivity index (χ2v) is 6.23. The zero-order valence-corrected chi connectivity index (χ0v) is 5.71. The minimum Gasteiger partial charge on any atom is -0.344 e. The van der Waals surface area contributed by atoms with Gasteiger partial charge in [0.15, 0.2) is 0 Å². The topological polar surface area (TPSA) is 26.0 Å². The lowest BCUT2D eigenvalue weighted by atomic mass is 11.5. The Labute approximate surface area is 46.8 Å². The molecule has 1 nitrogen and oxygen atoms in total. The van der Waals surface area contributed by atoms with Gasteiger partial charge in [-0.15, -0.1) is 0 Å². The molecule has 0 saturated carbocycles. The molecule has 8 heavy (non-hydrogen) atoms. The summed E-state index contributed by atoms with van der Waals surface area (Å²) in [7, 11) is -3.36. The Morgan fingerprint density at radius 1 is 1.25 bits per heavy atom. The Hall–Kier alpha value is -0.0331. The van der Waals surface area contributed by atoms with Gasteiger partial charge < -0.3 is 5.40 Å². The minimum absolute atomic E-state index is 1.06. The number of nitrogens with two attached hydrogens (primary N) is 1. The van der Waals surface area contributed by atoms with Gasteiger partial charge in [-0.1, -0.05) is 0 Å². The Bertz CT molecular complexity index is 69.5. The van der Waals surface area contributed by atoms with E-state index in [4.69, 9.17) is 5.40 Å². The fourth-order valence-corrected chi connectivity index (χ4v) is 0. The molecular weight excluding hydrogens is 135 g/mol. The van der Waals surface area contributed by atoms with Crippen molar-refractivity contribution < 1.29 is 13.2 Å². The first-order chi connectivity index (χ1) is 3.25. The summed E-state index contributed by atoms with van der Waals surface area (Å²) in [5, 5.41) is 4.83. The molecule has 0 bridgehead atoms. The molecule has 0 spiro atoms. The van der Waals surface area contributed by atoms with Crippen molar-refractivity contribution >= 4 is 8.24 Å². The van der Waals surface area contributed by atoms with Crippen molar-refractivity contribution in [1.29, 1.82) is 0 Å². The standard InChI is InChI=1S/C3H8F3NSi/c1-8(2,7)3(4,5)6/h7H2,1-2H3. The molecule has 50 valence electrons. The molecule has 0 radical (unpaired) electrons. The van der Waals surface area contributed by atoms with Gasteiger partial charge in [-0.3, -0.25) is 0 Å². The van der Waals surface area contributed by atoms with Crippen LogP contribution in [-0.4, -0.2) is 14.0 Å². The normalized spacial score (nSPS) is 14.2. The average molecular weight is 143 g/mol. The Kier molecular flexibility index (Phi) is 1.72. The highest BCUT2D eigenvalue weighted by molar-refractivity contribution is 6.76. The van der Waals surface area contributed by atoms with E-state index in [9.17, 15) is 13.2 Å². The van der Waals surface area contributed by atoms with Crippen LogP contribution < -0.4 is 5.40 Å². The number of alkyl halides is 3. The van der Waals surface area contributed by atoms with E-state index in [0.29, 0.717) is 0 Å². The van der Waals surface area contributed by atoms with Crippen LogP contribution in [0, 0.1) is 0 Å². The highest BCUT2D eigenvalue weighted by atomic mass is 28.3. The minimum atomic E-state index is -4.15. The van der Waals surface area contributed by atoms with Crippen LogP contribution in [0.5, 0.6) is 0 Å². The molecule has 5 heteroatoms. The van der Waals surface area contributed by atoms with Gasteiger partial charge in [0.05, 0.1) is 0 Å². The molecule has 0 unspecified atom stereocenters. The van der Waals surface area contributed by atoms with E-state index >= 15 is 0 Å². The van der Waals surface area contributed by atoms with Crippen LogP contribution in [0.15, 0.2) is 0 Å². The van der Waals surface area contributed by atoms with Crippen LogP contribution in [0.1, 0.15) is 0 Å². The zero-order chi connectivity index (χ0) is 7.00. The van der Waals surface area contributed by atoms with Crippen LogP contribution in [0.3, 0.4) is 0 Å². The largest absolute Gasteiger partial charge is 0.375 e. The highest BCUT2D eigenvalue weighted by Gasteiger charge is 2.46. The Balaban J connectivity index is 4.02. The molecule has 0 aliphatic carbocycles. The second kappa shape index (κ2) is 1.73. The van der Waals surface area contributed by atoms with Crippen LogP contribution in [0.25, 0.3) is 0 Å². The molecule has 0 aromatic carbocycles. The van der Waals surface area contributed by atoms with E-state index in [2.05, 4.69) is 0 Å². The van der Waals surface area contributed by atoms with Gasteiger partial charge in [0.25, 0.3) is 0 Å². The van der Waals surface area contributed by atoms with E-state index in [0.717, 1.165) is 13.1 Å². The molecule has 0 rings (SSSR count). The first-order valence-corrected chi connectivity index (χ1v) is 5.18. The molecular formula is C3H8F3NSi. The molecule has 0 atom stereocenters. The van der Waals surface area contributed by atoms with E-state index in [1.807, 2.05) is 0 Å². The van der Waals surface area contributed by atoms with Crippen molar-refractivity contribution in [3.05, 3.63) is 0 Å². The molecule has 0 aliphatic heterocycles. The van der Waals surface area contributed by atoms with Gasteiger partial charge in [0, 0.05) is 0 Å². The fraction of sp³-hybridized carbons (Fsp3) is 1.00. The van der Waals surface area contributed by atoms with Crippen molar-refractivity contribution in [1.82, 2.24) is 0 Å². The summed E-state index contributed by atoms with van der Waals surface area (Å²) in [5.74, 6) is -4.15. The van der Waals surface area contributed by atoms with Crippen LogP contribution in [-0.2, 0) is 0 Å². The smallest absolute Gasteiger partial charge is 0.344 e. The molecule has 0 heterocycles. The lowest BCUT2D eigenvalue weighted by molar-refractivity contribution is -0.0562. The predicted molar refractivity (Wildman–Crippen MR) is 27.7 cm³/mol. The lowest BCUT2D eigenvalue weighted by Gasteiger charge is -2.18. The van der Waals surface area contributed by atoms with Crippen LogP contribution in [0.2, 0.25) is 13.1 Å². The predicted octanol–water partition coefficient (Wildman–Crippen LogP) is 1.25. The molecule has 0 aliphatic rings.